The van der Waals surface area contributed by atoms with Gasteiger partial charge in [-0.3, -0.25) is 0 Å². The van der Waals surface area contributed by atoms with Gasteiger partial charge in [-0.2, -0.15) is 8.82 Å². The summed E-state index contributed by atoms with van der Waals surface area (Å²) >= 11 is 0. The number of fused-ring (bicyclic) bond motifs is 1. The molecular weight excluding hydrogens is 304 g/mol. The Morgan fingerprint density at radius 1 is 1.23 bits per heavy atom. The first kappa shape index (κ1) is 13.9. The minimum atomic E-state index is -3.10. The SMILES string of the molecule is Cc1nnc2ccc(N3CC(N(C)S(=O)(=O)C4CC4)C3)nn12. The molecule has 0 spiro atoms. The maximum atomic E-state index is 12.2. The van der Waals surface area contributed by atoms with Crippen LogP contribution in [0.3, 0.4) is 0 Å². The normalized spacial score (nSPS) is 19.9. The van der Waals surface area contributed by atoms with Crippen molar-refractivity contribution in [2.75, 3.05) is 25.0 Å². The molecule has 8 nitrogen and oxygen atoms in total. The number of nitrogens with zero attached hydrogens (tertiary/aromatic N) is 6. The molecule has 0 bridgehead atoms. The van der Waals surface area contributed by atoms with Crippen LogP contribution in [0.5, 0.6) is 0 Å². The van der Waals surface area contributed by atoms with Gasteiger partial charge in [0.25, 0.3) is 0 Å². The highest BCUT2D eigenvalue weighted by molar-refractivity contribution is 7.90. The molecule has 0 N–H and O–H groups in total. The van der Waals surface area contributed by atoms with Crippen LogP contribution < -0.4 is 4.90 Å². The molecule has 0 amide bonds. The standard InChI is InChI=1S/C13H18N6O2S/c1-9-14-15-12-5-6-13(16-19(9)12)18-7-10(8-18)17(2)22(20,21)11-3-4-11/h5-6,10-11H,3-4,7-8H2,1-2H3. The number of anilines is 1. The topological polar surface area (TPSA) is 83.7 Å². The van der Waals surface area contributed by atoms with E-state index in [4.69, 9.17) is 0 Å². The molecule has 2 fully saturated rings. The second-order valence-electron chi connectivity index (χ2n) is 6.03. The molecule has 1 aliphatic heterocycles. The van der Waals surface area contributed by atoms with Crippen LogP contribution in [-0.4, -0.2) is 64.0 Å². The third-order valence-electron chi connectivity index (χ3n) is 4.45. The molecule has 2 aromatic rings. The van der Waals surface area contributed by atoms with Crippen molar-refractivity contribution in [3.63, 3.8) is 0 Å². The van der Waals surface area contributed by atoms with Gasteiger partial charge in [-0.1, -0.05) is 0 Å². The van der Waals surface area contributed by atoms with Gasteiger partial charge >= 0.3 is 0 Å². The molecule has 3 heterocycles. The first-order valence-corrected chi connectivity index (χ1v) is 8.88. The average Bonchev–Trinajstić information content (AvgIpc) is 3.24. The fourth-order valence-corrected chi connectivity index (χ4v) is 4.49. The summed E-state index contributed by atoms with van der Waals surface area (Å²) in [5.74, 6) is 1.56. The zero-order valence-corrected chi connectivity index (χ0v) is 13.4. The molecule has 0 atom stereocenters. The summed E-state index contributed by atoms with van der Waals surface area (Å²) in [6.45, 7) is 3.19. The van der Waals surface area contributed by atoms with Gasteiger partial charge < -0.3 is 4.90 Å². The van der Waals surface area contributed by atoms with Gasteiger partial charge in [-0.25, -0.2) is 8.42 Å². The van der Waals surface area contributed by atoms with E-state index in [9.17, 15) is 8.42 Å². The number of hydrogen-bond donors (Lipinski definition) is 0. The van der Waals surface area contributed by atoms with Crippen LogP contribution in [0.4, 0.5) is 5.82 Å². The maximum absolute atomic E-state index is 12.2. The van der Waals surface area contributed by atoms with Crippen LogP contribution >= 0.6 is 0 Å². The van der Waals surface area contributed by atoms with Crippen molar-refractivity contribution in [2.24, 2.45) is 0 Å². The minimum Gasteiger partial charge on any atom is -0.352 e. The Labute approximate surface area is 128 Å². The minimum absolute atomic E-state index is 0.0325. The van der Waals surface area contributed by atoms with E-state index >= 15 is 0 Å². The highest BCUT2D eigenvalue weighted by Gasteiger charge is 2.44. The third-order valence-corrected chi connectivity index (χ3v) is 6.87. The largest absolute Gasteiger partial charge is 0.352 e. The van der Waals surface area contributed by atoms with E-state index in [1.165, 1.54) is 0 Å². The van der Waals surface area contributed by atoms with Crippen molar-refractivity contribution in [3.05, 3.63) is 18.0 Å². The molecule has 118 valence electrons. The Balaban J connectivity index is 1.49. The number of aromatic nitrogens is 4. The molecular formula is C13H18N6O2S. The van der Waals surface area contributed by atoms with Crippen LogP contribution in [0, 0.1) is 6.92 Å². The lowest BCUT2D eigenvalue weighted by molar-refractivity contribution is 0.308. The smallest absolute Gasteiger partial charge is 0.217 e. The Morgan fingerprint density at radius 3 is 2.64 bits per heavy atom. The van der Waals surface area contributed by atoms with E-state index in [2.05, 4.69) is 20.2 Å². The lowest BCUT2D eigenvalue weighted by Crippen LogP contribution is -2.60. The van der Waals surface area contributed by atoms with Crippen LogP contribution in [0.2, 0.25) is 0 Å². The zero-order chi connectivity index (χ0) is 15.5. The molecule has 0 unspecified atom stereocenters. The van der Waals surface area contributed by atoms with Gasteiger partial charge in [0.05, 0.1) is 11.3 Å². The molecule has 1 saturated heterocycles. The zero-order valence-electron chi connectivity index (χ0n) is 12.5. The Morgan fingerprint density at radius 2 is 1.95 bits per heavy atom. The molecule has 22 heavy (non-hydrogen) atoms. The van der Waals surface area contributed by atoms with E-state index < -0.39 is 10.0 Å². The maximum Gasteiger partial charge on any atom is 0.217 e. The summed E-state index contributed by atoms with van der Waals surface area (Å²) < 4.78 is 27.7. The van der Waals surface area contributed by atoms with E-state index in [0.29, 0.717) is 18.7 Å². The van der Waals surface area contributed by atoms with Gasteiger partial charge in [0, 0.05) is 20.1 Å². The van der Waals surface area contributed by atoms with E-state index in [1.54, 1.807) is 15.9 Å². The molecule has 4 rings (SSSR count). The highest BCUT2D eigenvalue weighted by atomic mass is 32.2. The molecule has 2 aliphatic rings. The number of rotatable bonds is 4. The van der Waals surface area contributed by atoms with E-state index in [1.807, 2.05) is 19.1 Å². The number of hydrogen-bond acceptors (Lipinski definition) is 6. The number of sulfonamides is 1. The molecule has 9 heteroatoms. The lowest BCUT2D eigenvalue weighted by Gasteiger charge is -2.43. The Hall–Kier alpha value is -1.74. The van der Waals surface area contributed by atoms with Gasteiger partial charge in [0.15, 0.2) is 11.5 Å². The van der Waals surface area contributed by atoms with Crippen LogP contribution in [-0.2, 0) is 10.0 Å². The fraction of sp³-hybridized carbons (Fsp3) is 0.615. The summed E-state index contributed by atoms with van der Waals surface area (Å²) in [5.41, 5.74) is 0.715. The predicted molar refractivity (Wildman–Crippen MR) is 81.2 cm³/mol. The Bertz CT molecular complexity index is 822. The summed E-state index contributed by atoms with van der Waals surface area (Å²) in [5, 5.41) is 12.4. The molecule has 1 aliphatic carbocycles. The monoisotopic (exact) mass is 322 g/mol. The lowest BCUT2D eigenvalue weighted by atomic mass is 10.1. The van der Waals surface area contributed by atoms with Crippen LogP contribution in [0.15, 0.2) is 12.1 Å². The number of aryl methyl sites for hydroxylation is 1. The summed E-state index contributed by atoms with van der Waals surface area (Å²) in [4.78, 5) is 2.07. The number of likely N-dealkylation sites (N-methyl/N-ethyl adjacent to an activating group) is 1. The first-order valence-electron chi connectivity index (χ1n) is 7.37. The van der Waals surface area contributed by atoms with Gasteiger partial charge in [0.2, 0.25) is 10.0 Å². The van der Waals surface area contributed by atoms with Gasteiger partial charge in [-0.05, 0) is 31.9 Å². The fourth-order valence-electron chi connectivity index (χ4n) is 2.74. The van der Waals surface area contributed by atoms with Crippen LogP contribution in [0.25, 0.3) is 5.65 Å². The van der Waals surface area contributed by atoms with Crippen molar-refractivity contribution in [1.82, 2.24) is 24.1 Å². The molecule has 0 aromatic carbocycles. The van der Waals surface area contributed by atoms with E-state index in [0.717, 1.165) is 24.5 Å². The van der Waals surface area contributed by atoms with Crippen molar-refractivity contribution in [1.29, 1.82) is 0 Å². The third kappa shape index (κ3) is 2.07. The molecule has 2 aromatic heterocycles. The average molecular weight is 322 g/mol. The molecule has 0 radical (unpaired) electrons. The van der Waals surface area contributed by atoms with E-state index in [-0.39, 0.29) is 11.3 Å². The van der Waals surface area contributed by atoms with Crippen molar-refractivity contribution in [2.45, 2.75) is 31.1 Å². The van der Waals surface area contributed by atoms with Crippen molar-refractivity contribution in [3.8, 4) is 0 Å². The first-order chi connectivity index (χ1) is 10.5. The van der Waals surface area contributed by atoms with Crippen molar-refractivity contribution >= 4 is 21.5 Å². The quantitative estimate of drug-likeness (QED) is 0.790. The van der Waals surface area contributed by atoms with Crippen molar-refractivity contribution < 1.29 is 8.42 Å². The summed E-state index contributed by atoms with van der Waals surface area (Å²) in [6.07, 6.45) is 1.60. The molecule has 1 saturated carbocycles. The second kappa shape index (κ2) is 4.63. The highest BCUT2D eigenvalue weighted by Crippen LogP contribution is 2.33. The Kier molecular flexibility index (Phi) is 2.92. The summed E-state index contributed by atoms with van der Waals surface area (Å²) in [7, 11) is -1.41. The summed E-state index contributed by atoms with van der Waals surface area (Å²) in [6, 6.07) is 3.81. The van der Waals surface area contributed by atoms with Gasteiger partial charge in [-0.15, -0.1) is 15.3 Å². The second-order valence-corrected chi connectivity index (χ2v) is 8.30. The predicted octanol–water partition coefficient (Wildman–Crippen LogP) is 0.0453. The van der Waals surface area contributed by atoms with Crippen LogP contribution in [0.1, 0.15) is 18.7 Å². The van der Waals surface area contributed by atoms with Gasteiger partial charge in [0.1, 0.15) is 5.82 Å².